The van der Waals surface area contributed by atoms with Crippen molar-refractivity contribution in [1.82, 2.24) is 15.1 Å². The highest BCUT2D eigenvalue weighted by atomic mass is 16.5. The molecule has 1 unspecified atom stereocenters. The van der Waals surface area contributed by atoms with Crippen LogP contribution in [0.1, 0.15) is 25.8 Å². The fourth-order valence-electron chi connectivity index (χ4n) is 3.61. The largest absolute Gasteiger partial charge is 0.457 e. The molecule has 1 aliphatic rings. The van der Waals surface area contributed by atoms with Gasteiger partial charge in [-0.25, -0.2) is 0 Å². The second kappa shape index (κ2) is 10.1. The lowest BCUT2D eigenvalue weighted by atomic mass is 10.1. The average molecular weight is 396 g/mol. The minimum atomic E-state index is -0.449. The standard InChI is InChI=1S/C23H29N3O3/c1-3-25(4-2)22(27)16-21-23(28)24-13-14-26(21)17-18-9-8-12-20(15-18)29-19-10-6-5-7-11-19/h5-12,15,21H,3-4,13-14,16-17H2,1-2H3,(H,24,28). The van der Waals surface area contributed by atoms with Gasteiger partial charge in [-0.3, -0.25) is 14.5 Å². The molecule has 1 atom stereocenters. The fraction of sp³-hybridized carbons (Fsp3) is 0.391. The maximum Gasteiger partial charge on any atom is 0.237 e. The van der Waals surface area contributed by atoms with Crippen LogP contribution >= 0.6 is 0 Å². The summed E-state index contributed by atoms with van der Waals surface area (Å²) < 4.78 is 5.92. The number of nitrogens with one attached hydrogen (secondary N) is 1. The summed E-state index contributed by atoms with van der Waals surface area (Å²) in [6, 6.07) is 17.1. The number of hydrogen-bond acceptors (Lipinski definition) is 4. The molecule has 0 radical (unpaired) electrons. The van der Waals surface area contributed by atoms with Crippen LogP contribution in [0.25, 0.3) is 0 Å². The summed E-state index contributed by atoms with van der Waals surface area (Å²) in [5.41, 5.74) is 1.05. The Labute approximate surface area is 172 Å². The first kappa shape index (κ1) is 20.9. The van der Waals surface area contributed by atoms with Crippen LogP contribution in [0.3, 0.4) is 0 Å². The lowest BCUT2D eigenvalue weighted by Gasteiger charge is -2.35. The lowest BCUT2D eigenvalue weighted by molar-refractivity contribution is -0.138. The molecule has 0 bridgehead atoms. The fourth-order valence-corrected chi connectivity index (χ4v) is 3.61. The Bertz CT molecular complexity index is 821. The van der Waals surface area contributed by atoms with Crippen molar-refractivity contribution in [1.29, 1.82) is 0 Å². The third kappa shape index (κ3) is 5.57. The van der Waals surface area contributed by atoms with E-state index in [1.807, 2.05) is 68.4 Å². The number of amides is 2. The predicted octanol–water partition coefficient (Wildman–Crippen LogP) is 3.04. The smallest absolute Gasteiger partial charge is 0.237 e. The number of carbonyl (C=O) groups excluding carboxylic acids is 2. The molecule has 154 valence electrons. The van der Waals surface area contributed by atoms with Crippen LogP contribution in [0.15, 0.2) is 54.6 Å². The van der Waals surface area contributed by atoms with E-state index in [4.69, 9.17) is 4.74 Å². The summed E-state index contributed by atoms with van der Waals surface area (Å²) in [4.78, 5) is 28.9. The number of carbonyl (C=O) groups is 2. The van der Waals surface area contributed by atoms with Crippen molar-refractivity contribution >= 4 is 11.8 Å². The van der Waals surface area contributed by atoms with Crippen molar-refractivity contribution in [3.8, 4) is 11.5 Å². The van der Waals surface area contributed by atoms with Gasteiger partial charge in [0.1, 0.15) is 11.5 Å². The summed E-state index contributed by atoms with van der Waals surface area (Å²) in [5.74, 6) is 1.48. The molecule has 29 heavy (non-hydrogen) atoms. The van der Waals surface area contributed by atoms with E-state index in [1.54, 1.807) is 4.90 Å². The Balaban J connectivity index is 1.70. The highest BCUT2D eigenvalue weighted by molar-refractivity contribution is 5.88. The van der Waals surface area contributed by atoms with Crippen LogP contribution in [0.2, 0.25) is 0 Å². The van der Waals surface area contributed by atoms with E-state index < -0.39 is 6.04 Å². The number of benzene rings is 2. The van der Waals surface area contributed by atoms with Crippen molar-refractivity contribution in [3.63, 3.8) is 0 Å². The van der Waals surface area contributed by atoms with Gasteiger partial charge in [0.15, 0.2) is 0 Å². The monoisotopic (exact) mass is 395 g/mol. The predicted molar refractivity (Wildman–Crippen MR) is 113 cm³/mol. The molecular formula is C23H29N3O3. The van der Waals surface area contributed by atoms with Gasteiger partial charge in [-0.2, -0.15) is 0 Å². The van der Waals surface area contributed by atoms with Gasteiger partial charge in [-0.1, -0.05) is 30.3 Å². The third-order valence-corrected chi connectivity index (χ3v) is 5.19. The minimum Gasteiger partial charge on any atom is -0.457 e. The Hall–Kier alpha value is -2.86. The molecule has 1 saturated heterocycles. The molecule has 0 aromatic heterocycles. The van der Waals surface area contributed by atoms with Crippen LogP contribution in [0.4, 0.5) is 0 Å². The zero-order valence-corrected chi connectivity index (χ0v) is 17.1. The van der Waals surface area contributed by atoms with Gasteiger partial charge in [0, 0.05) is 32.7 Å². The molecule has 0 aliphatic carbocycles. The molecule has 1 heterocycles. The van der Waals surface area contributed by atoms with Gasteiger partial charge in [0.05, 0.1) is 12.5 Å². The molecule has 2 aromatic rings. The molecule has 6 heteroatoms. The van der Waals surface area contributed by atoms with Gasteiger partial charge in [-0.05, 0) is 43.7 Å². The van der Waals surface area contributed by atoms with Crippen molar-refractivity contribution in [2.24, 2.45) is 0 Å². The molecular weight excluding hydrogens is 366 g/mol. The Morgan fingerprint density at radius 2 is 1.83 bits per heavy atom. The van der Waals surface area contributed by atoms with Crippen LogP contribution in [-0.4, -0.2) is 53.8 Å². The molecule has 6 nitrogen and oxygen atoms in total. The van der Waals surface area contributed by atoms with Gasteiger partial charge in [0.25, 0.3) is 0 Å². The van der Waals surface area contributed by atoms with Crippen molar-refractivity contribution in [3.05, 3.63) is 60.2 Å². The molecule has 0 spiro atoms. The van der Waals surface area contributed by atoms with Gasteiger partial charge in [0.2, 0.25) is 11.8 Å². The first-order chi connectivity index (χ1) is 14.1. The van der Waals surface area contributed by atoms with E-state index in [0.717, 1.165) is 17.1 Å². The quantitative estimate of drug-likeness (QED) is 0.746. The number of ether oxygens (including phenoxy) is 1. The topological polar surface area (TPSA) is 61.9 Å². The Morgan fingerprint density at radius 1 is 1.10 bits per heavy atom. The molecule has 1 N–H and O–H groups in total. The maximum atomic E-state index is 12.6. The van der Waals surface area contributed by atoms with Crippen molar-refractivity contribution in [2.45, 2.75) is 32.9 Å². The van der Waals surface area contributed by atoms with Crippen LogP contribution in [0, 0.1) is 0 Å². The van der Waals surface area contributed by atoms with Gasteiger partial charge in [-0.15, -0.1) is 0 Å². The zero-order chi connectivity index (χ0) is 20.6. The molecule has 1 fully saturated rings. The maximum absolute atomic E-state index is 12.6. The second-order valence-electron chi connectivity index (χ2n) is 7.11. The normalized spacial score (nSPS) is 16.9. The molecule has 0 saturated carbocycles. The lowest BCUT2D eigenvalue weighted by Crippen LogP contribution is -2.56. The van der Waals surface area contributed by atoms with E-state index in [0.29, 0.717) is 32.7 Å². The summed E-state index contributed by atoms with van der Waals surface area (Å²) >= 11 is 0. The number of rotatable bonds is 8. The van der Waals surface area contributed by atoms with E-state index in [2.05, 4.69) is 10.2 Å². The summed E-state index contributed by atoms with van der Waals surface area (Å²) in [6.07, 6.45) is 0.202. The SMILES string of the molecule is CCN(CC)C(=O)CC1C(=O)NCCN1Cc1cccc(Oc2ccccc2)c1. The molecule has 2 amide bonds. The van der Waals surface area contributed by atoms with Crippen molar-refractivity contribution in [2.75, 3.05) is 26.2 Å². The van der Waals surface area contributed by atoms with Gasteiger partial charge >= 0.3 is 0 Å². The highest BCUT2D eigenvalue weighted by Crippen LogP contribution is 2.23. The minimum absolute atomic E-state index is 0.0169. The molecule has 2 aromatic carbocycles. The number of piperazine rings is 1. The zero-order valence-electron chi connectivity index (χ0n) is 17.1. The third-order valence-electron chi connectivity index (χ3n) is 5.19. The Morgan fingerprint density at radius 3 is 2.55 bits per heavy atom. The van der Waals surface area contributed by atoms with E-state index in [9.17, 15) is 9.59 Å². The summed E-state index contributed by atoms with van der Waals surface area (Å²) in [7, 11) is 0. The average Bonchev–Trinajstić information content (AvgIpc) is 2.72. The number of nitrogens with zero attached hydrogens (tertiary/aromatic N) is 2. The number of hydrogen-bond donors (Lipinski definition) is 1. The van der Waals surface area contributed by atoms with Crippen LogP contribution in [-0.2, 0) is 16.1 Å². The van der Waals surface area contributed by atoms with Gasteiger partial charge < -0.3 is 15.0 Å². The van der Waals surface area contributed by atoms with Crippen LogP contribution in [0.5, 0.6) is 11.5 Å². The van der Waals surface area contributed by atoms with Crippen LogP contribution < -0.4 is 10.1 Å². The van der Waals surface area contributed by atoms with Crippen molar-refractivity contribution < 1.29 is 14.3 Å². The molecule has 3 rings (SSSR count). The number of para-hydroxylation sites is 1. The molecule has 1 aliphatic heterocycles. The first-order valence-corrected chi connectivity index (χ1v) is 10.2. The second-order valence-corrected chi connectivity index (χ2v) is 7.11. The highest BCUT2D eigenvalue weighted by Gasteiger charge is 2.32. The summed E-state index contributed by atoms with van der Waals surface area (Å²) in [6.45, 7) is 7.12. The van der Waals surface area contributed by atoms with E-state index >= 15 is 0 Å². The summed E-state index contributed by atoms with van der Waals surface area (Å²) in [5, 5.41) is 2.90. The Kier molecular flexibility index (Phi) is 7.25. The van der Waals surface area contributed by atoms with E-state index in [1.165, 1.54) is 0 Å². The first-order valence-electron chi connectivity index (χ1n) is 10.2. The van der Waals surface area contributed by atoms with E-state index in [-0.39, 0.29) is 18.2 Å².